The predicted molar refractivity (Wildman–Crippen MR) is 82.5 cm³/mol. The van der Waals surface area contributed by atoms with Gasteiger partial charge in [0.25, 0.3) is 0 Å². The highest BCUT2D eigenvalue weighted by atomic mass is 32.1. The van der Waals surface area contributed by atoms with Crippen molar-refractivity contribution in [2.45, 2.75) is 33.2 Å². The molecule has 6 heteroatoms. The van der Waals surface area contributed by atoms with Gasteiger partial charge in [0.05, 0.1) is 10.7 Å². The summed E-state index contributed by atoms with van der Waals surface area (Å²) in [7, 11) is 1.73. The first kappa shape index (κ1) is 15.0. The van der Waals surface area contributed by atoms with E-state index in [0.29, 0.717) is 0 Å². The number of nitrogens with one attached hydrogen (secondary N) is 1. The Morgan fingerprint density at radius 1 is 1.30 bits per heavy atom. The minimum absolute atomic E-state index is 0.773. The van der Waals surface area contributed by atoms with Crippen molar-refractivity contribution in [3.63, 3.8) is 0 Å². The summed E-state index contributed by atoms with van der Waals surface area (Å²) in [6.07, 6.45) is 4.00. The molecule has 0 amide bonds. The van der Waals surface area contributed by atoms with Gasteiger partial charge in [0.15, 0.2) is 0 Å². The molecule has 0 spiro atoms. The molecule has 0 saturated heterocycles. The van der Waals surface area contributed by atoms with Crippen LogP contribution in [-0.4, -0.2) is 34.8 Å². The second kappa shape index (κ2) is 7.40. The lowest BCUT2D eigenvalue weighted by Gasteiger charge is -2.08. The number of rotatable bonds is 8. The summed E-state index contributed by atoms with van der Waals surface area (Å²) in [5.41, 5.74) is 2.14. The molecule has 0 aliphatic rings. The molecule has 2 aromatic rings. The number of thiazole rings is 1. The number of ether oxygens (including phenoxy) is 1. The Morgan fingerprint density at radius 3 is 2.85 bits per heavy atom. The van der Waals surface area contributed by atoms with Gasteiger partial charge >= 0.3 is 0 Å². The molecule has 2 aromatic heterocycles. The normalized spacial score (nSPS) is 10.9. The van der Waals surface area contributed by atoms with E-state index in [1.807, 2.05) is 13.8 Å². The summed E-state index contributed by atoms with van der Waals surface area (Å²) < 4.78 is 7.24. The Balaban J connectivity index is 1.85. The zero-order chi connectivity index (χ0) is 14.4. The smallest absolute Gasteiger partial charge is 0.203 e. The van der Waals surface area contributed by atoms with Crippen LogP contribution in [-0.2, 0) is 17.7 Å². The molecule has 5 nitrogen and oxygen atoms in total. The van der Waals surface area contributed by atoms with Crippen molar-refractivity contribution in [1.29, 1.82) is 0 Å². The Morgan fingerprint density at radius 2 is 2.15 bits per heavy atom. The maximum atomic E-state index is 5.09. The summed E-state index contributed by atoms with van der Waals surface area (Å²) in [4.78, 5) is 8.98. The van der Waals surface area contributed by atoms with Crippen molar-refractivity contribution < 1.29 is 4.74 Å². The maximum absolute atomic E-state index is 5.09. The molecule has 0 unspecified atom stereocenters. The molecule has 2 heterocycles. The highest BCUT2D eigenvalue weighted by molar-refractivity contribution is 7.09. The average molecular weight is 294 g/mol. The fraction of sp³-hybridized carbons (Fsp3) is 0.571. The SMILES string of the molecule is COCCCn1cc(C)nc1NCCc1nc(C)cs1. The van der Waals surface area contributed by atoms with Crippen LogP contribution < -0.4 is 5.32 Å². The molecule has 0 aliphatic carbocycles. The number of nitrogens with zero attached hydrogens (tertiary/aromatic N) is 3. The van der Waals surface area contributed by atoms with E-state index >= 15 is 0 Å². The molecule has 110 valence electrons. The first-order valence-corrected chi connectivity index (χ1v) is 7.74. The number of imidazole rings is 1. The minimum Gasteiger partial charge on any atom is -0.385 e. The maximum Gasteiger partial charge on any atom is 0.203 e. The van der Waals surface area contributed by atoms with Gasteiger partial charge in [-0.15, -0.1) is 11.3 Å². The van der Waals surface area contributed by atoms with Crippen molar-refractivity contribution in [2.24, 2.45) is 0 Å². The van der Waals surface area contributed by atoms with Gasteiger partial charge in [-0.05, 0) is 20.3 Å². The summed E-state index contributed by atoms with van der Waals surface area (Å²) >= 11 is 1.72. The number of hydrogen-bond donors (Lipinski definition) is 1. The van der Waals surface area contributed by atoms with Gasteiger partial charge in [0.2, 0.25) is 5.95 Å². The van der Waals surface area contributed by atoms with Gasteiger partial charge < -0.3 is 14.6 Å². The summed E-state index contributed by atoms with van der Waals surface area (Å²) in [5, 5.41) is 6.66. The molecule has 2 rings (SSSR count). The van der Waals surface area contributed by atoms with Crippen LogP contribution in [0.15, 0.2) is 11.6 Å². The molecular weight excluding hydrogens is 272 g/mol. The van der Waals surface area contributed by atoms with Crippen LogP contribution in [0.1, 0.15) is 22.8 Å². The van der Waals surface area contributed by atoms with Crippen LogP contribution in [0.4, 0.5) is 5.95 Å². The molecule has 0 bridgehead atoms. The first-order chi connectivity index (χ1) is 9.69. The fourth-order valence-electron chi connectivity index (χ4n) is 2.04. The quantitative estimate of drug-likeness (QED) is 0.761. The molecule has 0 fully saturated rings. The molecule has 0 atom stereocenters. The van der Waals surface area contributed by atoms with E-state index in [-0.39, 0.29) is 0 Å². The minimum atomic E-state index is 0.773. The molecule has 0 aliphatic heterocycles. The van der Waals surface area contributed by atoms with Crippen molar-refractivity contribution in [2.75, 3.05) is 25.6 Å². The van der Waals surface area contributed by atoms with Crippen LogP contribution in [0, 0.1) is 13.8 Å². The Hall–Kier alpha value is -1.40. The topological polar surface area (TPSA) is 52.0 Å². The molecule has 0 aromatic carbocycles. The van der Waals surface area contributed by atoms with Crippen molar-refractivity contribution in [3.05, 3.63) is 28.0 Å². The van der Waals surface area contributed by atoms with Crippen LogP contribution in [0.25, 0.3) is 0 Å². The Bertz CT molecular complexity index is 535. The second-order valence-electron chi connectivity index (χ2n) is 4.81. The molecule has 0 saturated carbocycles. The van der Waals surface area contributed by atoms with E-state index in [1.54, 1.807) is 18.4 Å². The van der Waals surface area contributed by atoms with Crippen LogP contribution in [0.3, 0.4) is 0 Å². The van der Waals surface area contributed by atoms with E-state index in [4.69, 9.17) is 4.74 Å². The third kappa shape index (κ3) is 4.31. The Kier molecular flexibility index (Phi) is 5.55. The predicted octanol–water partition coefficient (Wildman–Crippen LogP) is 2.65. The Labute approximate surface area is 124 Å². The summed E-state index contributed by atoms with van der Waals surface area (Å²) in [6, 6.07) is 0. The van der Waals surface area contributed by atoms with Crippen molar-refractivity contribution >= 4 is 17.3 Å². The third-order valence-corrected chi connectivity index (χ3v) is 3.96. The van der Waals surface area contributed by atoms with Crippen LogP contribution in [0.2, 0.25) is 0 Å². The first-order valence-electron chi connectivity index (χ1n) is 6.86. The number of hydrogen-bond acceptors (Lipinski definition) is 5. The third-order valence-electron chi connectivity index (χ3n) is 2.93. The molecule has 20 heavy (non-hydrogen) atoms. The number of methoxy groups -OCH3 is 1. The second-order valence-corrected chi connectivity index (χ2v) is 5.75. The molecular formula is C14H22N4OS. The van der Waals surface area contributed by atoms with Gasteiger partial charge in [0.1, 0.15) is 0 Å². The molecule has 0 radical (unpaired) electrons. The van der Waals surface area contributed by atoms with Crippen LogP contribution in [0.5, 0.6) is 0 Å². The highest BCUT2D eigenvalue weighted by Crippen LogP contribution is 2.12. The van der Waals surface area contributed by atoms with E-state index < -0.39 is 0 Å². The van der Waals surface area contributed by atoms with Gasteiger partial charge in [-0.2, -0.15) is 0 Å². The number of aryl methyl sites for hydroxylation is 3. The monoisotopic (exact) mass is 294 g/mol. The lowest BCUT2D eigenvalue weighted by molar-refractivity contribution is 0.190. The van der Waals surface area contributed by atoms with E-state index in [9.17, 15) is 0 Å². The summed E-state index contributed by atoms with van der Waals surface area (Å²) in [6.45, 7) is 6.59. The lowest BCUT2D eigenvalue weighted by atomic mass is 10.4. The number of anilines is 1. The van der Waals surface area contributed by atoms with E-state index in [0.717, 1.165) is 49.9 Å². The standard InChI is InChI=1S/C14H22N4OS/c1-11-9-18(7-4-8-19-3)14(17-11)15-6-5-13-16-12(2)10-20-13/h9-10H,4-8H2,1-3H3,(H,15,17). The summed E-state index contributed by atoms with van der Waals surface area (Å²) in [5.74, 6) is 0.937. The van der Waals surface area contributed by atoms with Crippen LogP contribution >= 0.6 is 11.3 Å². The van der Waals surface area contributed by atoms with Crippen molar-refractivity contribution in [3.8, 4) is 0 Å². The fourth-order valence-corrected chi connectivity index (χ4v) is 2.81. The lowest BCUT2D eigenvalue weighted by Crippen LogP contribution is -2.11. The van der Waals surface area contributed by atoms with Gasteiger partial charge in [-0.1, -0.05) is 0 Å². The van der Waals surface area contributed by atoms with Gasteiger partial charge in [-0.3, -0.25) is 0 Å². The molecule has 1 N–H and O–H groups in total. The zero-order valence-corrected chi connectivity index (χ0v) is 13.2. The van der Waals surface area contributed by atoms with Crippen molar-refractivity contribution in [1.82, 2.24) is 14.5 Å². The number of aromatic nitrogens is 3. The highest BCUT2D eigenvalue weighted by Gasteiger charge is 2.05. The zero-order valence-electron chi connectivity index (χ0n) is 12.3. The van der Waals surface area contributed by atoms with E-state index in [2.05, 4.69) is 31.4 Å². The van der Waals surface area contributed by atoms with Gasteiger partial charge in [-0.25, -0.2) is 9.97 Å². The van der Waals surface area contributed by atoms with E-state index in [1.165, 1.54) is 5.01 Å². The average Bonchev–Trinajstić information content (AvgIpc) is 2.97. The van der Waals surface area contributed by atoms with Gasteiger partial charge in [0, 0.05) is 50.5 Å². The largest absolute Gasteiger partial charge is 0.385 e.